The molecule has 0 atom stereocenters. The van der Waals surface area contributed by atoms with Crippen LogP contribution in [-0.4, -0.2) is 18.9 Å². The van der Waals surface area contributed by atoms with Crippen LogP contribution in [0.15, 0.2) is 24.3 Å². The SMILES string of the molecule is CN(CO)c1ccc(C#N)cc1. The van der Waals surface area contributed by atoms with E-state index in [0.717, 1.165) is 5.69 Å². The van der Waals surface area contributed by atoms with Gasteiger partial charge in [0.25, 0.3) is 0 Å². The van der Waals surface area contributed by atoms with Crippen molar-refractivity contribution in [2.45, 2.75) is 0 Å². The van der Waals surface area contributed by atoms with Crippen LogP contribution in [-0.2, 0) is 0 Å². The summed E-state index contributed by atoms with van der Waals surface area (Å²) in [5.41, 5.74) is 1.53. The Balaban J connectivity index is 2.86. The predicted molar refractivity (Wildman–Crippen MR) is 46.6 cm³/mol. The van der Waals surface area contributed by atoms with E-state index in [1.54, 1.807) is 36.2 Å². The van der Waals surface area contributed by atoms with Gasteiger partial charge in [0, 0.05) is 12.7 Å². The second-order valence-corrected chi connectivity index (χ2v) is 2.50. The lowest BCUT2D eigenvalue weighted by molar-refractivity contribution is 0.298. The number of hydrogen-bond acceptors (Lipinski definition) is 3. The van der Waals surface area contributed by atoms with Gasteiger partial charge in [-0.3, -0.25) is 0 Å². The number of benzene rings is 1. The first kappa shape index (κ1) is 8.57. The molecule has 0 amide bonds. The maximum Gasteiger partial charge on any atom is 0.115 e. The summed E-state index contributed by atoms with van der Waals surface area (Å²) < 4.78 is 0. The molecule has 0 spiro atoms. The van der Waals surface area contributed by atoms with Crippen molar-refractivity contribution < 1.29 is 5.11 Å². The average molecular weight is 162 g/mol. The van der Waals surface area contributed by atoms with Crippen molar-refractivity contribution in [2.24, 2.45) is 0 Å². The first-order chi connectivity index (χ1) is 5.77. The molecule has 0 fully saturated rings. The van der Waals surface area contributed by atoms with E-state index in [4.69, 9.17) is 10.4 Å². The van der Waals surface area contributed by atoms with Gasteiger partial charge in [-0.25, -0.2) is 0 Å². The molecule has 1 aromatic carbocycles. The lowest BCUT2D eigenvalue weighted by Gasteiger charge is -2.14. The van der Waals surface area contributed by atoms with Gasteiger partial charge in [0.1, 0.15) is 6.73 Å². The van der Waals surface area contributed by atoms with Crippen molar-refractivity contribution in [3.05, 3.63) is 29.8 Å². The van der Waals surface area contributed by atoms with Gasteiger partial charge in [-0.15, -0.1) is 0 Å². The van der Waals surface area contributed by atoms with Gasteiger partial charge in [-0.1, -0.05) is 0 Å². The Bertz CT molecular complexity index is 286. The normalized spacial score (nSPS) is 9.08. The Morgan fingerprint density at radius 2 is 2.00 bits per heavy atom. The number of aliphatic hydroxyl groups is 1. The monoisotopic (exact) mass is 162 g/mol. The summed E-state index contributed by atoms with van der Waals surface area (Å²) in [5.74, 6) is 0. The molecule has 12 heavy (non-hydrogen) atoms. The van der Waals surface area contributed by atoms with E-state index < -0.39 is 0 Å². The molecule has 0 heterocycles. The smallest absolute Gasteiger partial charge is 0.115 e. The summed E-state index contributed by atoms with van der Waals surface area (Å²) in [6, 6.07) is 9.08. The molecule has 1 N–H and O–H groups in total. The molecule has 0 unspecified atom stereocenters. The fourth-order valence-electron chi connectivity index (χ4n) is 0.872. The van der Waals surface area contributed by atoms with Gasteiger partial charge in [-0.05, 0) is 24.3 Å². The van der Waals surface area contributed by atoms with E-state index in [1.165, 1.54) is 0 Å². The largest absolute Gasteiger partial charge is 0.376 e. The van der Waals surface area contributed by atoms with Crippen molar-refractivity contribution in [1.29, 1.82) is 5.26 Å². The van der Waals surface area contributed by atoms with Crippen molar-refractivity contribution in [3.8, 4) is 6.07 Å². The van der Waals surface area contributed by atoms with E-state index >= 15 is 0 Å². The van der Waals surface area contributed by atoms with Crippen LogP contribution < -0.4 is 4.90 Å². The molecule has 0 bridgehead atoms. The molecule has 0 saturated heterocycles. The number of rotatable bonds is 2. The highest BCUT2D eigenvalue weighted by atomic mass is 16.3. The van der Waals surface area contributed by atoms with Crippen LogP contribution in [0.25, 0.3) is 0 Å². The van der Waals surface area contributed by atoms with Crippen LogP contribution in [0.2, 0.25) is 0 Å². The highest BCUT2D eigenvalue weighted by molar-refractivity contribution is 5.48. The number of nitrogens with zero attached hydrogens (tertiary/aromatic N) is 2. The molecule has 3 heteroatoms. The molecule has 0 aromatic heterocycles. The number of anilines is 1. The fraction of sp³-hybridized carbons (Fsp3) is 0.222. The third-order valence-corrected chi connectivity index (χ3v) is 1.65. The summed E-state index contributed by atoms with van der Waals surface area (Å²) in [5, 5.41) is 17.3. The predicted octanol–water partition coefficient (Wildman–Crippen LogP) is 0.944. The Kier molecular flexibility index (Phi) is 2.67. The van der Waals surface area contributed by atoms with Gasteiger partial charge >= 0.3 is 0 Å². The van der Waals surface area contributed by atoms with Gasteiger partial charge in [-0.2, -0.15) is 5.26 Å². The molecule has 3 nitrogen and oxygen atoms in total. The van der Waals surface area contributed by atoms with Crippen LogP contribution in [0.4, 0.5) is 5.69 Å². The zero-order valence-electron chi connectivity index (χ0n) is 6.86. The Hall–Kier alpha value is -1.53. The maximum absolute atomic E-state index is 8.78. The topological polar surface area (TPSA) is 47.3 Å². The zero-order chi connectivity index (χ0) is 8.97. The number of hydrogen-bond donors (Lipinski definition) is 1. The first-order valence-corrected chi connectivity index (χ1v) is 3.60. The number of nitriles is 1. The standard InChI is InChI=1S/C9H10N2O/c1-11(7-12)9-4-2-8(6-10)3-5-9/h2-5,12H,7H2,1H3. The lowest BCUT2D eigenvalue weighted by Crippen LogP contribution is -2.17. The molecule has 1 aromatic rings. The second-order valence-electron chi connectivity index (χ2n) is 2.50. The third kappa shape index (κ3) is 1.74. The fourth-order valence-corrected chi connectivity index (χ4v) is 0.872. The Morgan fingerprint density at radius 3 is 2.42 bits per heavy atom. The highest BCUT2D eigenvalue weighted by Crippen LogP contribution is 2.11. The second kappa shape index (κ2) is 3.74. The van der Waals surface area contributed by atoms with Gasteiger partial charge < -0.3 is 10.0 Å². The summed E-state index contributed by atoms with van der Waals surface area (Å²) in [4.78, 5) is 1.68. The molecule has 0 aliphatic carbocycles. The van der Waals surface area contributed by atoms with Crippen LogP contribution in [0.3, 0.4) is 0 Å². The van der Waals surface area contributed by atoms with Gasteiger partial charge in [0.2, 0.25) is 0 Å². The van der Waals surface area contributed by atoms with Gasteiger partial charge in [0.15, 0.2) is 0 Å². The minimum absolute atomic E-state index is 0.0219. The number of aliphatic hydroxyl groups excluding tert-OH is 1. The van der Waals surface area contributed by atoms with E-state index in [-0.39, 0.29) is 6.73 Å². The molecule has 0 aliphatic heterocycles. The molecule has 0 saturated carbocycles. The van der Waals surface area contributed by atoms with Gasteiger partial charge in [0.05, 0.1) is 11.6 Å². The van der Waals surface area contributed by atoms with Crippen molar-refractivity contribution in [3.63, 3.8) is 0 Å². The highest BCUT2D eigenvalue weighted by Gasteiger charge is 1.97. The third-order valence-electron chi connectivity index (χ3n) is 1.65. The molecule has 62 valence electrons. The van der Waals surface area contributed by atoms with Crippen LogP contribution in [0, 0.1) is 11.3 Å². The summed E-state index contributed by atoms with van der Waals surface area (Å²) in [7, 11) is 1.78. The minimum Gasteiger partial charge on any atom is -0.376 e. The molecule has 0 radical (unpaired) electrons. The molecule has 0 aliphatic rings. The zero-order valence-corrected chi connectivity index (χ0v) is 6.86. The lowest BCUT2D eigenvalue weighted by atomic mass is 10.2. The van der Waals surface area contributed by atoms with Crippen molar-refractivity contribution >= 4 is 5.69 Å². The quantitative estimate of drug-likeness (QED) is 0.658. The average Bonchev–Trinajstić information content (AvgIpc) is 2.17. The van der Waals surface area contributed by atoms with Crippen LogP contribution >= 0.6 is 0 Å². The summed E-state index contributed by atoms with van der Waals surface area (Å²) in [6.07, 6.45) is 0. The Labute approximate surface area is 71.5 Å². The molecular formula is C9H10N2O. The van der Waals surface area contributed by atoms with Crippen LogP contribution in [0.5, 0.6) is 0 Å². The summed E-state index contributed by atoms with van der Waals surface area (Å²) in [6.45, 7) is -0.0219. The molecular weight excluding hydrogens is 152 g/mol. The van der Waals surface area contributed by atoms with Crippen molar-refractivity contribution in [1.82, 2.24) is 0 Å². The van der Waals surface area contributed by atoms with E-state index in [9.17, 15) is 0 Å². The summed E-state index contributed by atoms with van der Waals surface area (Å²) >= 11 is 0. The van der Waals surface area contributed by atoms with E-state index in [0.29, 0.717) is 5.56 Å². The molecule has 1 rings (SSSR count). The minimum atomic E-state index is -0.0219. The first-order valence-electron chi connectivity index (χ1n) is 3.60. The maximum atomic E-state index is 8.78. The van der Waals surface area contributed by atoms with E-state index in [2.05, 4.69) is 0 Å². The van der Waals surface area contributed by atoms with Crippen LogP contribution in [0.1, 0.15) is 5.56 Å². The Morgan fingerprint density at radius 1 is 1.42 bits per heavy atom. The van der Waals surface area contributed by atoms with E-state index in [1.807, 2.05) is 6.07 Å². The van der Waals surface area contributed by atoms with Crippen molar-refractivity contribution in [2.75, 3.05) is 18.7 Å².